The highest BCUT2D eigenvalue weighted by atomic mass is 15.1. The quantitative estimate of drug-likeness (QED) is 0.151. The van der Waals surface area contributed by atoms with Gasteiger partial charge in [0.25, 0.3) is 0 Å². The largest absolute Gasteiger partial charge is 0.310 e. The van der Waals surface area contributed by atoms with Crippen LogP contribution < -0.4 is 4.90 Å². The highest BCUT2D eigenvalue weighted by Gasteiger charge is 2.21. The van der Waals surface area contributed by atoms with Crippen molar-refractivity contribution in [3.05, 3.63) is 230 Å². The number of hydrogen-bond donors (Lipinski definition) is 0. The molecule has 0 spiro atoms. The van der Waals surface area contributed by atoms with E-state index in [-0.39, 0.29) is 0 Å². The van der Waals surface area contributed by atoms with Gasteiger partial charge in [0.05, 0.1) is 16.7 Å². The molecule has 10 aromatic rings. The second kappa shape index (κ2) is 14.7. The van der Waals surface area contributed by atoms with Crippen LogP contribution in [0.5, 0.6) is 0 Å². The van der Waals surface area contributed by atoms with Gasteiger partial charge in [-0.25, -0.2) is 0 Å². The van der Waals surface area contributed by atoms with Crippen molar-refractivity contribution in [2.75, 3.05) is 4.90 Å². The minimum absolute atomic E-state index is 1.09. The van der Waals surface area contributed by atoms with E-state index in [4.69, 9.17) is 0 Å². The zero-order valence-electron chi connectivity index (χ0n) is 31.8. The van der Waals surface area contributed by atoms with E-state index >= 15 is 0 Å². The van der Waals surface area contributed by atoms with Gasteiger partial charge in [-0.15, -0.1) is 0 Å². The summed E-state index contributed by atoms with van der Waals surface area (Å²) in [6.07, 6.45) is 0. The predicted molar refractivity (Wildman–Crippen MR) is 242 cm³/mol. The molecule has 0 amide bonds. The lowest BCUT2D eigenvalue weighted by Gasteiger charge is -2.26. The average Bonchev–Trinajstić information content (AvgIpc) is 3.61. The number of aryl methyl sites for hydroxylation is 1. The van der Waals surface area contributed by atoms with E-state index < -0.39 is 0 Å². The molecule has 9 aromatic carbocycles. The van der Waals surface area contributed by atoms with E-state index in [0.717, 1.165) is 28.3 Å². The van der Waals surface area contributed by atoms with Crippen molar-refractivity contribution in [1.29, 1.82) is 0 Å². The van der Waals surface area contributed by atoms with Crippen molar-refractivity contribution in [1.82, 2.24) is 4.57 Å². The van der Waals surface area contributed by atoms with Crippen molar-refractivity contribution < 1.29 is 0 Å². The number of rotatable bonds is 8. The molecule has 0 fully saturated rings. The summed E-state index contributed by atoms with van der Waals surface area (Å²) in [6, 6.07) is 81.3. The molecule has 0 N–H and O–H groups in total. The van der Waals surface area contributed by atoms with Gasteiger partial charge >= 0.3 is 0 Å². The van der Waals surface area contributed by atoms with Crippen LogP contribution >= 0.6 is 0 Å². The van der Waals surface area contributed by atoms with Crippen LogP contribution in [0.25, 0.3) is 72.0 Å². The normalized spacial score (nSPS) is 11.2. The Balaban J connectivity index is 1.19. The number of benzene rings is 9. The summed E-state index contributed by atoms with van der Waals surface area (Å²) in [4.78, 5) is 2.38. The topological polar surface area (TPSA) is 8.17 Å². The fraction of sp³-hybridized carbons (Fsp3) is 0.0182. The highest BCUT2D eigenvalue weighted by molar-refractivity contribution is 6.11. The minimum Gasteiger partial charge on any atom is -0.310 e. The first kappa shape index (κ1) is 34.1. The summed E-state index contributed by atoms with van der Waals surface area (Å²) in [5, 5.41) is 2.44. The second-order valence-electron chi connectivity index (χ2n) is 14.6. The Labute approximate surface area is 334 Å². The van der Waals surface area contributed by atoms with Gasteiger partial charge in [-0.05, 0) is 94.4 Å². The zero-order chi connectivity index (χ0) is 38.1. The lowest BCUT2D eigenvalue weighted by atomic mass is 9.92. The molecule has 0 saturated heterocycles. The molecule has 10 rings (SSSR count). The molecule has 0 bridgehead atoms. The molecule has 2 heteroatoms. The van der Waals surface area contributed by atoms with Crippen molar-refractivity contribution in [3.63, 3.8) is 0 Å². The van der Waals surface area contributed by atoms with E-state index in [2.05, 4.69) is 241 Å². The molecule has 0 aliphatic rings. The third-order valence-corrected chi connectivity index (χ3v) is 11.1. The van der Waals surface area contributed by atoms with Gasteiger partial charge in [0.2, 0.25) is 0 Å². The highest BCUT2D eigenvalue weighted by Crippen LogP contribution is 2.44. The molecule has 0 radical (unpaired) electrons. The Hall–Kier alpha value is -7.42. The van der Waals surface area contributed by atoms with Crippen molar-refractivity contribution in [2.24, 2.45) is 0 Å². The molecule has 0 unspecified atom stereocenters. The molecular weight excluding hydrogens is 689 g/mol. The molecular formula is C55H40N2. The molecule has 0 aliphatic heterocycles. The van der Waals surface area contributed by atoms with Crippen LogP contribution in [0.15, 0.2) is 224 Å². The van der Waals surface area contributed by atoms with Crippen LogP contribution in [-0.2, 0) is 0 Å². The van der Waals surface area contributed by atoms with Crippen molar-refractivity contribution in [3.8, 4) is 50.2 Å². The van der Waals surface area contributed by atoms with E-state index in [1.807, 2.05) is 0 Å². The summed E-state index contributed by atoms with van der Waals surface area (Å²) in [6.45, 7) is 2.15. The summed E-state index contributed by atoms with van der Waals surface area (Å²) in [7, 11) is 0. The number of aromatic nitrogens is 1. The SMILES string of the molecule is Cc1ccc(-c2cccc(-n3c4ccccc4c4ccc(N(c5ccc(-c6ccccc6)cc5)c5ccc(-c6ccccc6)cc5)cc43)c2-c2ccccc2)cc1. The first-order valence-electron chi connectivity index (χ1n) is 19.6. The minimum atomic E-state index is 1.09. The number of fused-ring (bicyclic) bond motifs is 3. The standard InChI is InChI=1S/C55H40N2/c1-39-24-26-44(27-25-39)49-21-13-23-53(55(49)45-18-9-4-10-19-45)57-52-22-12-11-20-50(52)51-37-36-48(38-54(51)57)56(46-32-28-42(29-33-46)40-14-5-2-6-15-40)47-34-30-43(31-35-47)41-16-7-3-8-17-41/h2-38H,1H3. The third kappa shape index (κ3) is 6.38. The first-order valence-corrected chi connectivity index (χ1v) is 19.6. The van der Waals surface area contributed by atoms with E-state index in [9.17, 15) is 0 Å². The Morgan fingerprint density at radius 3 is 1.40 bits per heavy atom. The van der Waals surface area contributed by atoms with Crippen molar-refractivity contribution >= 4 is 38.9 Å². The van der Waals surface area contributed by atoms with Gasteiger partial charge in [0.1, 0.15) is 0 Å². The molecule has 1 heterocycles. The first-order chi connectivity index (χ1) is 28.2. The third-order valence-electron chi connectivity index (χ3n) is 11.1. The summed E-state index contributed by atoms with van der Waals surface area (Å²) in [5.41, 5.74) is 17.6. The van der Waals surface area contributed by atoms with Gasteiger partial charge in [-0.2, -0.15) is 0 Å². The fourth-order valence-corrected chi connectivity index (χ4v) is 8.28. The monoisotopic (exact) mass is 728 g/mol. The zero-order valence-corrected chi connectivity index (χ0v) is 31.8. The Kier molecular flexibility index (Phi) is 8.78. The molecule has 0 aliphatic carbocycles. The number of anilines is 3. The van der Waals surface area contributed by atoms with Crippen LogP contribution in [0.3, 0.4) is 0 Å². The van der Waals surface area contributed by atoms with Crippen LogP contribution in [0.4, 0.5) is 17.1 Å². The van der Waals surface area contributed by atoms with Gasteiger partial charge in [0, 0.05) is 33.4 Å². The molecule has 57 heavy (non-hydrogen) atoms. The van der Waals surface area contributed by atoms with E-state index in [0.29, 0.717) is 0 Å². The maximum Gasteiger partial charge on any atom is 0.0562 e. The van der Waals surface area contributed by atoms with Gasteiger partial charge in [-0.3, -0.25) is 0 Å². The van der Waals surface area contributed by atoms with Crippen LogP contribution in [0, 0.1) is 6.92 Å². The number of hydrogen-bond acceptors (Lipinski definition) is 1. The summed E-state index contributed by atoms with van der Waals surface area (Å²) < 4.78 is 2.48. The molecule has 0 saturated carbocycles. The predicted octanol–water partition coefficient (Wildman–Crippen LogP) is 15.2. The maximum atomic E-state index is 2.48. The summed E-state index contributed by atoms with van der Waals surface area (Å²) in [5.74, 6) is 0. The Bertz CT molecular complexity index is 2880. The average molecular weight is 729 g/mol. The number of para-hydroxylation sites is 1. The molecule has 0 atom stereocenters. The van der Waals surface area contributed by atoms with Gasteiger partial charge in [-0.1, -0.05) is 181 Å². The summed E-state index contributed by atoms with van der Waals surface area (Å²) >= 11 is 0. The van der Waals surface area contributed by atoms with Gasteiger partial charge in [0.15, 0.2) is 0 Å². The number of nitrogens with zero attached hydrogens (tertiary/aromatic N) is 2. The lowest BCUT2D eigenvalue weighted by Crippen LogP contribution is -2.10. The molecule has 270 valence electrons. The Morgan fingerprint density at radius 2 is 0.807 bits per heavy atom. The van der Waals surface area contributed by atoms with Crippen LogP contribution in [0.2, 0.25) is 0 Å². The van der Waals surface area contributed by atoms with Crippen LogP contribution in [-0.4, -0.2) is 4.57 Å². The Morgan fingerprint density at radius 1 is 0.333 bits per heavy atom. The second-order valence-corrected chi connectivity index (χ2v) is 14.6. The van der Waals surface area contributed by atoms with E-state index in [1.165, 1.54) is 66.4 Å². The maximum absolute atomic E-state index is 2.48. The van der Waals surface area contributed by atoms with E-state index in [1.54, 1.807) is 0 Å². The lowest BCUT2D eigenvalue weighted by molar-refractivity contribution is 1.18. The smallest absolute Gasteiger partial charge is 0.0562 e. The van der Waals surface area contributed by atoms with Crippen molar-refractivity contribution in [2.45, 2.75) is 6.92 Å². The van der Waals surface area contributed by atoms with Crippen LogP contribution in [0.1, 0.15) is 5.56 Å². The molecule has 2 nitrogen and oxygen atoms in total. The fourth-order valence-electron chi connectivity index (χ4n) is 8.28. The molecule has 1 aromatic heterocycles. The van der Waals surface area contributed by atoms with Gasteiger partial charge < -0.3 is 9.47 Å².